The Morgan fingerprint density at radius 2 is 1.68 bits per heavy atom. The lowest BCUT2D eigenvalue weighted by molar-refractivity contribution is -0.385. The van der Waals surface area contributed by atoms with Crippen molar-refractivity contribution in [1.29, 1.82) is 0 Å². The molecule has 1 unspecified atom stereocenters. The zero-order valence-electron chi connectivity index (χ0n) is 19.2. The van der Waals surface area contributed by atoms with E-state index in [4.69, 9.17) is 9.47 Å². The second kappa shape index (κ2) is 11.8. The zero-order valence-corrected chi connectivity index (χ0v) is 20.2. The number of nitrogens with zero attached hydrogens (tertiary/aromatic N) is 2. The Hall–Kier alpha value is -4.09. The predicted molar refractivity (Wildman–Crippen MR) is 122 cm³/mol. The molecule has 14 heteroatoms. The Balaban J connectivity index is 1.89. The van der Waals surface area contributed by atoms with Crippen molar-refractivity contribution >= 4 is 20.3 Å². The van der Waals surface area contributed by atoms with Crippen LogP contribution < -0.4 is 9.47 Å². The normalized spacial score (nSPS) is 10.9. The molecule has 194 valence electrons. The van der Waals surface area contributed by atoms with Gasteiger partial charge in [-0.15, -0.1) is 4.52 Å². The molecule has 3 aromatic carbocycles. The van der Waals surface area contributed by atoms with Crippen LogP contribution in [0.2, 0.25) is 0 Å². The number of amides is 1. The summed E-state index contributed by atoms with van der Waals surface area (Å²) in [5.41, 5.74) is -1.22. The topological polar surface area (TPSA) is 108 Å². The molecular formula is C23H18F4N2O7P+. The summed E-state index contributed by atoms with van der Waals surface area (Å²) in [5, 5.41) is 11.5. The largest absolute Gasteiger partial charge is 0.494 e. The van der Waals surface area contributed by atoms with Gasteiger partial charge >= 0.3 is 14.4 Å². The van der Waals surface area contributed by atoms with Crippen LogP contribution >= 0.6 is 8.69 Å². The van der Waals surface area contributed by atoms with Crippen LogP contribution in [0.4, 0.5) is 23.2 Å². The van der Waals surface area contributed by atoms with Gasteiger partial charge in [-0.25, -0.2) is 8.78 Å². The Bertz CT molecular complexity index is 1340. The minimum Gasteiger partial charge on any atom is -0.483 e. The van der Waals surface area contributed by atoms with Crippen molar-refractivity contribution in [3.8, 4) is 17.2 Å². The van der Waals surface area contributed by atoms with Crippen LogP contribution in [-0.2, 0) is 22.3 Å². The van der Waals surface area contributed by atoms with Crippen LogP contribution in [-0.4, -0.2) is 29.8 Å². The summed E-state index contributed by atoms with van der Waals surface area (Å²) in [6.45, 7) is -1.63. The van der Waals surface area contributed by atoms with Gasteiger partial charge in [0.1, 0.15) is 19.0 Å². The van der Waals surface area contributed by atoms with E-state index in [9.17, 15) is 37.0 Å². The number of carbonyl (C=O) groups is 1. The Labute approximate surface area is 208 Å². The molecule has 0 aliphatic heterocycles. The third-order valence-corrected chi connectivity index (χ3v) is 5.17. The quantitative estimate of drug-likeness (QED) is 0.107. The van der Waals surface area contributed by atoms with E-state index in [2.05, 4.69) is 4.52 Å². The highest BCUT2D eigenvalue weighted by atomic mass is 31.1. The van der Waals surface area contributed by atoms with Gasteiger partial charge in [-0.3, -0.25) is 14.9 Å². The summed E-state index contributed by atoms with van der Waals surface area (Å²) in [6.07, 6.45) is 0. The molecule has 3 aromatic rings. The second-order valence-electron chi connectivity index (χ2n) is 7.61. The van der Waals surface area contributed by atoms with E-state index in [1.165, 1.54) is 35.2 Å². The van der Waals surface area contributed by atoms with Crippen molar-refractivity contribution < 1.29 is 45.8 Å². The molecule has 0 fully saturated rings. The number of ether oxygens (including phenoxy) is 2. The lowest BCUT2D eigenvalue weighted by Crippen LogP contribution is -2.21. The number of benzene rings is 3. The number of halogens is 4. The van der Waals surface area contributed by atoms with Gasteiger partial charge < -0.3 is 14.4 Å². The van der Waals surface area contributed by atoms with Gasteiger partial charge in [-0.2, -0.15) is 8.78 Å². The summed E-state index contributed by atoms with van der Waals surface area (Å²) in [4.78, 5) is 24.2. The number of hydrogen-bond acceptors (Lipinski definition) is 7. The highest BCUT2D eigenvalue weighted by molar-refractivity contribution is 7.17. The van der Waals surface area contributed by atoms with Gasteiger partial charge in [0.05, 0.1) is 10.5 Å². The second-order valence-corrected chi connectivity index (χ2v) is 8.07. The molecule has 0 aromatic heterocycles. The van der Waals surface area contributed by atoms with Crippen molar-refractivity contribution in [2.75, 3.05) is 14.1 Å². The third kappa shape index (κ3) is 6.19. The smallest absolute Gasteiger partial charge is 0.483 e. The van der Waals surface area contributed by atoms with Crippen molar-refractivity contribution in [2.24, 2.45) is 0 Å². The average Bonchev–Trinajstić information content (AvgIpc) is 2.87. The molecule has 3 rings (SSSR count). The Kier molecular flexibility index (Phi) is 8.74. The lowest BCUT2D eigenvalue weighted by Gasteiger charge is -2.14. The van der Waals surface area contributed by atoms with Crippen LogP contribution in [0, 0.1) is 33.4 Å². The first-order chi connectivity index (χ1) is 17.5. The van der Waals surface area contributed by atoms with E-state index < -0.39 is 67.1 Å². The van der Waals surface area contributed by atoms with Crippen molar-refractivity contribution in [3.05, 3.63) is 92.5 Å². The molecule has 0 saturated heterocycles. The van der Waals surface area contributed by atoms with Crippen LogP contribution in [0.1, 0.15) is 21.5 Å². The molecule has 0 saturated carbocycles. The zero-order chi connectivity index (χ0) is 27.3. The maximum atomic E-state index is 14.3. The van der Waals surface area contributed by atoms with Gasteiger partial charge in [-0.1, -0.05) is 6.07 Å². The molecule has 1 atom stereocenters. The minimum absolute atomic E-state index is 0.0894. The van der Waals surface area contributed by atoms with Gasteiger partial charge in [0.2, 0.25) is 17.4 Å². The molecule has 0 radical (unpaired) electrons. The molecule has 0 spiro atoms. The first-order valence-corrected chi connectivity index (χ1v) is 11.1. The molecule has 9 nitrogen and oxygen atoms in total. The summed E-state index contributed by atoms with van der Waals surface area (Å²) in [6, 6.07) is 9.22. The Morgan fingerprint density at radius 3 is 2.27 bits per heavy atom. The van der Waals surface area contributed by atoms with Crippen LogP contribution in [0.3, 0.4) is 0 Å². The number of rotatable bonds is 10. The molecule has 0 bridgehead atoms. The van der Waals surface area contributed by atoms with Crippen LogP contribution in [0.5, 0.6) is 17.2 Å². The highest BCUT2D eigenvalue weighted by Gasteiger charge is 2.28. The fourth-order valence-electron chi connectivity index (χ4n) is 3.13. The predicted octanol–water partition coefficient (Wildman–Crippen LogP) is 5.68. The van der Waals surface area contributed by atoms with E-state index in [1.807, 2.05) is 0 Å². The summed E-state index contributed by atoms with van der Waals surface area (Å²) >= 11 is 0. The number of carbonyl (C=O) groups excluding carboxylic acids is 1. The van der Waals surface area contributed by atoms with Gasteiger partial charge in [0, 0.05) is 25.7 Å². The average molecular weight is 541 g/mol. The van der Waals surface area contributed by atoms with E-state index in [-0.39, 0.29) is 28.5 Å². The maximum absolute atomic E-state index is 14.3. The van der Waals surface area contributed by atoms with E-state index in [1.54, 1.807) is 14.1 Å². The summed E-state index contributed by atoms with van der Waals surface area (Å²) in [7, 11) is 1.68. The first-order valence-electron chi connectivity index (χ1n) is 10.3. The summed E-state index contributed by atoms with van der Waals surface area (Å²) < 4.78 is 82.3. The highest BCUT2D eigenvalue weighted by Crippen LogP contribution is 2.35. The van der Waals surface area contributed by atoms with Crippen molar-refractivity contribution in [1.82, 2.24) is 4.90 Å². The number of nitro benzene ring substituents is 1. The molecular weight excluding hydrogens is 523 g/mol. The van der Waals surface area contributed by atoms with Gasteiger partial charge in [0.25, 0.3) is 5.91 Å². The van der Waals surface area contributed by atoms with Crippen LogP contribution in [0.15, 0.2) is 42.5 Å². The molecule has 0 aliphatic rings. The fraction of sp³-hybridized carbons (Fsp3) is 0.174. The summed E-state index contributed by atoms with van der Waals surface area (Å²) in [5.74, 6) is -9.15. The van der Waals surface area contributed by atoms with Crippen molar-refractivity contribution in [3.63, 3.8) is 0 Å². The molecule has 0 N–H and O–H groups in total. The minimum atomic E-state index is -1.84. The number of nitro groups is 1. The third-order valence-electron chi connectivity index (χ3n) is 4.91. The Morgan fingerprint density at radius 1 is 1.00 bits per heavy atom. The molecule has 1 amide bonds. The maximum Gasteiger partial charge on any atom is 0.494 e. The first kappa shape index (κ1) is 27.5. The fourth-order valence-corrected chi connectivity index (χ4v) is 3.33. The van der Waals surface area contributed by atoms with Gasteiger partial charge in [0.15, 0.2) is 17.4 Å². The molecule has 37 heavy (non-hydrogen) atoms. The van der Waals surface area contributed by atoms with Crippen LogP contribution in [0.25, 0.3) is 0 Å². The standard InChI is InChI=1S/C23H18F4N2O7P/c1-28(2)23(30)13-4-3-5-14(9-13)36-17-8-12(6-7-16(17)29(31)32)10-34-22-20(26)18(24)15(11-35-37-33)19(25)21(22)27/h3-9,37H,10-11H2,1-2H3/q+1. The van der Waals surface area contributed by atoms with E-state index >= 15 is 0 Å². The lowest BCUT2D eigenvalue weighted by atomic mass is 10.1. The monoisotopic (exact) mass is 541 g/mol. The molecule has 0 heterocycles. The van der Waals surface area contributed by atoms with Crippen molar-refractivity contribution in [2.45, 2.75) is 13.2 Å². The molecule has 0 aliphatic carbocycles. The SMILES string of the molecule is CN(C)C(=O)c1cccc(Oc2cc(COc3c(F)c(F)c(CO[PH+]=O)c(F)c3F)ccc2[N+](=O)[O-])c1. The van der Waals surface area contributed by atoms with E-state index in [0.29, 0.717) is 0 Å². The van der Waals surface area contributed by atoms with E-state index in [0.717, 1.165) is 12.1 Å². The van der Waals surface area contributed by atoms with Gasteiger partial charge in [-0.05, 0) is 40.5 Å². The number of hydrogen-bond donors (Lipinski definition) is 0.